The minimum absolute atomic E-state index is 0.00949. The second kappa shape index (κ2) is 7.20. The van der Waals surface area contributed by atoms with Gasteiger partial charge in [-0.3, -0.25) is 4.79 Å². The lowest BCUT2D eigenvalue weighted by Crippen LogP contribution is -2.39. The Hall–Kier alpha value is -3.20. The molecule has 27 heavy (non-hydrogen) atoms. The van der Waals surface area contributed by atoms with Crippen LogP contribution in [0.1, 0.15) is 23.3 Å². The highest BCUT2D eigenvalue weighted by Crippen LogP contribution is 2.27. The zero-order chi connectivity index (χ0) is 18.8. The van der Waals surface area contributed by atoms with Gasteiger partial charge in [-0.15, -0.1) is 10.2 Å². The van der Waals surface area contributed by atoms with Crippen molar-refractivity contribution in [3.05, 3.63) is 36.2 Å². The first-order valence-electron chi connectivity index (χ1n) is 8.94. The Labute approximate surface area is 156 Å². The number of nitrogens with one attached hydrogen (secondary N) is 3. The number of nitrogens with zero attached hydrogens (tertiary/aromatic N) is 4. The lowest BCUT2D eigenvalue weighted by atomic mass is 10.1. The van der Waals surface area contributed by atoms with Gasteiger partial charge in [-0.05, 0) is 37.6 Å². The maximum atomic E-state index is 11.8. The van der Waals surface area contributed by atoms with E-state index in [-0.39, 0.29) is 11.7 Å². The monoisotopic (exact) mass is 366 g/mol. The van der Waals surface area contributed by atoms with Crippen LogP contribution in [0.3, 0.4) is 0 Å². The number of nitrogens with two attached hydrogens (primary N) is 1. The third-order valence-electron chi connectivity index (χ3n) is 4.73. The summed E-state index contributed by atoms with van der Waals surface area (Å²) < 4.78 is 2.02. The van der Waals surface area contributed by atoms with Gasteiger partial charge in [-0.2, -0.15) is 4.98 Å². The Morgan fingerprint density at radius 1 is 1.33 bits per heavy atom. The quantitative estimate of drug-likeness (QED) is 0.538. The molecule has 1 amide bonds. The molecule has 4 rings (SSSR count). The summed E-state index contributed by atoms with van der Waals surface area (Å²) in [7, 11) is 1.98. The number of fused-ring (bicyclic) bond motifs is 1. The molecule has 3 aromatic rings. The van der Waals surface area contributed by atoms with E-state index in [0.29, 0.717) is 11.8 Å². The third kappa shape index (κ3) is 3.54. The van der Waals surface area contributed by atoms with Crippen molar-refractivity contribution in [3.63, 3.8) is 0 Å². The van der Waals surface area contributed by atoms with Crippen LogP contribution in [0.4, 0.5) is 17.5 Å². The number of hydrogen-bond acceptors (Lipinski definition) is 7. The second-order valence-corrected chi connectivity index (χ2v) is 6.67. The zero-order valence-corrected chi connectivity index (χ0v) is 15.1. The molecule has 140 valence electrons. The molecule has 0 saturated carbocycles. The SMILES string of the molecule is Cn1ccc2c(Nc3nc(N[C@@H]4CCCNC4)nnc3C(N)=O)cccc21. The van der Waals surface area contributed by atoms with Gasteiger partial charge in [0.15, 0.2) is 11.5 Å². The van der Waals surface area contributed by atoms with Gasteiger partial charge in [0.1, 0.15) is 0 Å². The first kappa shape index (κ1) is 17.2. The molecule has 1 atom stereocenters. The summed E-state index contributed by atoms with van der Waals surface area (Å²) in [4.78, 5) is 16.3. The second-order valence-electron chi connectivity index (χ2n) is 6.67. The van der Waals surface area contributed by atoms with Crippen LogP contribution in [0.25, 0.3) is 10.9 Å². The number of aromatic nitrogens is 4. The predicted octanol–water partition coefficient (Wildman–Crippen LogP) is 1.37. The number of benzene rings is 1. The molecule has 1 aliphatic rings. The van der Waals surface area contributed by atoms with Crippen molar-refractivity contribution in [2.24, 2.45) is 12.8 Å². The summed E-state index contributed by atoms with van der Waals surface area (Å²) >= 11 is 0. The van der Waals surface area contributed by atoms with Crippen LogP contribution in [-0.2, 0) is 7.05 Å². The normalized spacial score (nSPS) is 17.0. The maximum absolute atomic E-state index is 11.8. The number of aryl methyl sites for hydroxylation is 1. The molecule has 1 aromatic carbocycles. The zero-order valence-electron chi connectivity index (χ0n) is 15.1. The minimum atomic E-state index is -0.677. The minimum Gasteiger partial charge on any atom is -0.364 e. The smallest absolute Gasteiger partial charge is 0.273 e. The van der Waals surface area contributed by atoms with Crippen LogP contribution >= 0.6 is 0 Å². The molecule has 3 heterocycles. The number of amides is 1. The van der Waals surface area contributed by atoms with E-state index in [9.17, 15) is 4.79 Å². The highest BCUT2D eigenvalue weighted by Gasteiger charge is 2.18. The van der Waals surface area contributed by atoms with Gasteiger partial charge < -0.3 is 26.3 Å². The van der Waals surface area contributed by atoms with Crippen molar-refractivity contribution in [1.29, 1.82) is 0 Å². The van der Waals surface area contributed by atoms with E-state index in [1.54, 1.807) is 0 Å². The molecule has 2 aromatic heterocycles. The number of rotatable bonds is 5. The Morgan fingerprint density at radius 3 is 3.00 bits per heavy atom. The van der Waals surface area contributed by atoms with Gasteiger partial charge in [0.25, 0.3) is 5.91 Å². The van der Waals surface area contributed by atoms with E-state index in [4.69, 9.17) is 5.73 Å². The van der Waals surface area contributed by atoms with E-state index in [1.807, 2.05) is 42.1 Å². The fourth-order valence-electron chi connectivity index (χ4n) is 3.34. The topological polar surface area (TPSA) is 123 Å². The van der Waals surface area contributed by atoms with Gasteiger partial charge in [0.05, 0.1) is 0 Å². The van der Waals surface area contributed by atoms with Crippen molar-refractivity contribution in [1.82, 2.24) is 25.1 Å². The first-order valence-corrected chi connectivity index (χ1v) is 8.94. The van der Waals surface area contributed by atoms with Crippen molar-refractivity contribution in [3.8, 4) is 0 Å². The number of anilines is 3. The molecule has 1 saturated heterocycles. The van der Waals surface area contributed by atoms with E-state index >= 15 is 0 Å². The summed E-state index contributed by atoms with van der Waals surface area (Å²) in [5.74, 6) is -0.0137. The fourth-order valence-corrected chi connectivity index (χ4v) is 3.34. The molecule has 0 aliphatic carbocycles. The van der Waals surface area contributed by atoms with Gasteiger partial charge >= 0.3 is 0 Å². The molecular weight excluding hydrogens is 344 g/mol. The number of piperidine rings is 1. The molecule has 9 heteroatoms. The molecule has 0 spiro atoms. The summed E-state index contributed by atoms with van der Waals surface area (Å²) in [6, 6.07) is 8.12. The molecule has 0 bridgehead atoms. The summed E-state index contributed by atoms with van der Waals surface area (Å²) in [5.41, 5.74) is 7.36. The lowest BCUT2D eigenvalue weighted by molar-refractivity contribution is 0.0995. The lowest BCUT2D eigenvalue weighted by Gasteiger charge is -2.23. The van der Waals surface area contributed by atoms with Crippen LogP contribution in [0.5, 0.6) is 0 Å². The number of carbonyl (C=O) groups excluding carboxylic acids is 1. The fraction of sp³-hybridized carbons (Fsp3) is 0.333. The van der Waals surface area contributed by atoms with Crippen LogP contribution in [-0.4, -0.2) is 44.8 Å². The van der Waals surface area contributed by atoms with Crippen LogP contribution in [0, 0.1) is 0 Å². The van der Waals surface area contributed by atoms with E-state index in [1.165, 1.54) is 0 Å². The largest absolute Gasteiger partial charge is 0.364 e. The number of hydrogen-bond donors (Lipinski definition) is 4. The van der Waals surface area contributed by atoms with Crippen LogP contribution in [0.15, 0.2) is 30.5 Å². The van der Waals surface area contributed by atoms with Gasteiger partial charge in [-0.1, -0.05) is 6.07 Å². The Kier molecular flexibility index (Phi) is 4.59. The average Bonchev–Trinajstić information content (AvgIpc) is 3.05. The van der Waals surface area contributed by atoms with E-state index in [2.05, 4.69) is 31.1 Å². The standard InChI is InChI=1S/C18H22N8O/c1-26-9-7-12-13(5-2-6-14(12)26)22-17-15(16(19)27)24-25-18(23-17)21-11-4-3-8-20-10-11/h2,5-7,9,11,20H,3-4,8,10H2,1H3,(H2,19,27)(H2,21,22,23,25)/t11-/m1/s1. The molecule has 9 nitrogen and oxygen atoms in total. The van der Waals surface area contributed by atoms with Crippen molar-refractivity contribution in [2.45, 2.75) is 18.9 Å². The van der Waals surface area contributed by atoms with Crippen molar-refractivity contribution >= 4 is 34.3 Å². The Bertz CT molecular complexity index is 977. The van der Waals surface area contributed by atoms with Crippen LogP contribution < -0.4 is 21.7 Å². The van der Waals surface area contributed by atoms with Crippen molar-refractivity contribution in [2.75, 3.05) is 23.7 Å². The average molecular weight is 366 g/mol. The highest BCUT2D eigenvalue weighted by molar-refractivity contribution is 5.99. The molecule has 5 N–H and O–H groups in total. The first-order chi connectivity index (χ1) is 13.1. The Morgan fingerprint density at radius 2 is 2.22 bits per heavy atom. The number of carbonyl (C=O) groups is 1. The molecular formula is C18H22N8O. The van der Waals surface area contributed by atoms with E-state index < -0.39 is 5.91 Å². The Balaban J connectivity index is 1.66. The van der Waals surface area contributed by atoms with Gasteiger partial charge in [0, 0.05) is 42.4 Å². The molecule has 0 radical (unpaired) electrons. The third-order valence-corrected chi connectivity index (χ3v) is 4.73. The molecule has 1 fully saturated rings. The molecule has 0 unspecified atom stereocenters. The molecule has 1 aliphatic heterocycles. The summed E-state index contributed by atoms with van der Waals surface area (Å²) in [6.07, 6.45) is 4.09. The maximum Gasteiger partial charge on any atom is 0.273 e. The van der Waals surface area contributed by atoms with Crippen molar-refractivity contribution < 1.29 is 4.79 Å². The highest BCUT2D eigenvalue weighted by atomic mass is 16.1. The van der Waals surface area contributed by atoms with Gasteiger partial charge in [-0.25, -0.2) is 0 Å². The van der Waals surface area contributed by atoms with Crippen LogP contribution in [0.2, 0.25) is 0 Å². The number of primary amides is 1. The summed E-state index contributed by atoms with van der Waals surface area (Å²) in [5, 5.41) is 18.8. The van der Waals surface area contributed by atoms with E-state index in [0.717, 1.165) is 42.5 Å². The van der Waals surface area contributed by atoms with Gasteiger partial charge in [0.2, 0.25) is 5.95 Å². The summed E-state index contributed by atoms with van der Waals surface area (Å²) in [6.45, 7) is 1.86. The predicted molar refractivity (Wildman–Crippen MR) is 104 cm³/mol.